The van der Waals surface area contributed by atoms with Crippen LogP contribution in [0.15, 0.2) is 0 Å². The Hall–Kier alpha value is -1.10. The van der Waals surface area contributed by atoms with Crippen LogP contribution in [0.2, 0.25) is 0 Å². The van der Waals surface area contributed by atoms with E-state index in [2.05, 4.69) is 5.32 Å². The first-order chi connectivity index (χ1) is 9.18. The molecule has 2 atom stereocenters. The van der Waals surface area contributed by atoms with Crippen molar-refractivity contribution < 1.29 is 19.4 Å². The van der Waals surface area contributed by atoms with Crippen molar-refractivity contribution in [2.45, 2.75) is 38.5 Å². The molecule has 19 heavy (non-hydrogen) atoms. The first-order valence-corrected chi connectivity index (χ1v) is 7.25. The van der Waals surface area contributed by atoms with Crippen LogP contribution in [0.25, 0.3) is 0 Å². The summed E-state index contributed by atoms with van der Waals surface area (Å²) in [5, 5.41) is 11.2. The zero-order chi connectivity index (χ0) is 13.7. The Balaban J connectivity index is 1.56. The second kappa shape index (κ2) is 6.89. The third-order valence-corrected chi connectivity index (χ3v) is 4.20. The fourth-order valence-electron chi connectivity index (χ4n) is 3.14. The lowest BCUT2D eigenvalue weighted by molar-refractivity contribution is -0.142. The SMILES string of the molecule is O=C(O)COCCNC(=O)C1CC1C1CCCCC1. The number of carbonyl (C=O) groups is 2. The van der Waals surface area contributed by atoms with Gasteiger partial charge in [0, 0.05) is 12.5 Å². The van der Waals surface area contributed by atoms with Gasteiger partial charge in [-0.05, 0) is 18.3 Å². The Kier molecular flexibility index (Phi) is 5.19. The van der Waals surface area contributed by atoms with E-state index in [4.69, 9.17) is 9.84 Å². The van der Waals surface area contributed by atoms with E-state index < -0.39 is 5.97 Å². The van der Waals surface area contributed by atoms with Crippen LogP contribution in [0.1, 0.15) is 38.5 Å². The van der Waals surface area contributed by atoms with E-state index in [0.717, 1.165) is 12.3 Å². The molecule has 5 heteroatoms. The molecule has 0 aromatic heterocycles. The van der Waals surface area contributed by atoms with E-state index in [9.17, 15) is 9.59 Å². The van der Waals surface area contributed by atoms with Crippen LogP contribution < -0.4 is 5.32 Å². The van der Waals surface area contributed by atoms with Crippen molar-refractivity contribution >= 4 is 11.9 Å². The van der Waals surface area contributed by atoms with Crippen LogP contribution in [0.5, 0.6) is 0 Å². The summed E-state index contributed by atoms with van der Waals surface area (Å²) in [5.74, 6) is 0.691. The zero-order valence-electron chi connectivity index (χ0n) is 11.3. The van der Waals surface area contributed by atoms with Gasteiger partial charge in [0.25, 0.3) is 0 Å². The van der Waals surface area contributed by atoms with Crippen LogP contribution >= 0.6 is 0 Å². The molecule has 1 amide bonds. The molecule has 0 aliphatic heterocycles. The van der Waals surface area contributed by atoms with E-state index in [1.165, 1.54) is 32.1 Å². The molecule has 2 saturated carbocycles. The molecule has 5 nitrogen and oxygen atoms in total. The number of amides is 1. The summed E-state index contributed by atoms with van der Waals surface area (Å²) < 4.78 is 4.87. The standard InChI is InChI=1S/C14H23NO4/c16-13(17)9-19-7-6-15-14(18)12-8-11(12)10-4-2-1-3-5-10/h10-12H,1-9H2,(H,15,18)(H,16,17). The summed E-state index contributed by atoms with van der Waals surface area (Å²) >= 11 is 0. The Morgan fingerprint density at radius 2 is 1.95 bits per heavy atom. The van der Waals surface area contributed by atoms with E-state index in [1.807, 2.05) is 0 Å². The first-order valence-electron chi connectivity index (χ1n) is 7.25. The number of aliphatic carboxylic acids is 1. The lowest BCUT2D eigenvalue weighted by Gasteiger charge is -2.21. The smallest absolute Gasteiger partial charge is 0.329 e. The fourth-order valence-corrected chi connectivity index (χ4v) is 3.14. The number of nitrogens with one attached hydrogen (secondary N) is 1. The van der Waals surface area contributed by atoms with Crippen LogP contribution in [0.3, 0.4) is 0 Å². The molecule has 0 aromatic carbocycles. The molecule has 108 valence electrons. The maximum atomic E-state index is 11.9. The molecule has 2 fully saturated rings. The second-order valence-electron chi connectivity index (χ2n) is 5.64. The normalized spacial score (nSPS) is 26.9. The van der Waals surface area contributed by atoms with Gasteiger partial charge in [0.1, 0.15) is 6.61 Å². The number of carboxylic acid groups (broad SMARTS) is 1. The van der Waals surface area contributed by atoms with Gasteiger partial charge in [-0.25, -0.2) is 4.79 Å². The third-order valence-electron chi connectivity index (χ3n) is 4.20. The number of ether oxygens (including phenoxy) is 1. The number of hydrogen-bond donors (Lipinski definition) is 2. The summed E-state index contributed by atoms with van der Waals surface area (Å²) in [6.45, 7) is 0.364. The predicted octanol–water partition coefficient (Wildman–Crippen LogP) is 1.42. The molecule has 0 heterocycles. The largest absolute Gasteiger partial charge is 0.480 e. The number of rotatable bonds is 7. The summed E-state index contributed by atoms with van der Waals surface area (Å²) in [6, 6.07) is 0. The third kappa shape index (κ3) is 4.49. The van der Waals surface area contributed by atoms with E-state index in [-0.39, 0.29) is 25.0 Å². The Morgan fingerprint density at radius 1 is 1.21 bits per heavy atom. The number of hydrogen-bond acceptors (Lipinski definition) is 3. The summed E-state index contributed by atoms with van der Waals surface area (Å²) in [5.41, 5.74) is 0. The highest BCUT2D eigenvalue weighted by molar-refractivity contribution is 5.81. The van der Waals surface area contributed by atoms with Crippen LogP contribution in [-0.4, -0.2) is 36.7 Å². The first kappa shape index (κ1) is 14.3. The highest BCUT2D eigenvalue weighted by atomic mass is 16.5. The van der Waals surface area contributed by atoms with Gasteiger partial charge in [0.15, 0.2) is 0 Å². The minimum atomic E-state index is -0.981. The zero-order valence-corrected chi connectivity index (χ0v) is 11.3. The van der Waals surface area contributed by atoms with Crippen molar-refractivity contribution in [3.05, 3.63) is 0 Å². The van der Waals surface area contributed by atoms with Gasteiger partial charge in [-0.2, -0.15) is 0 Å². The Morgan fingerprint density at radius 3 is 2.63 bits per heavy atom. The van der Waals surface area contributed by atoms with Crippen LogP contribution in [0.4, 0.5) is 0 Å². The predicted molar refractivity (Wildman–Crippen MR) is 69.6 cm³/mol. The summed E-state index contributed by atoms with van der Waals surface area (Å²) in [6.07, 6.45) is 7.59. The topological polar surface area (TPSA) is 75.6 Å². The van der Waals surface area contributed by atoms with E-state index >= 15 is 0 Å². The van der Waals surface area contributed by atoms with Crippen molar-refractivity contribution in [1.29, 1.82) is 0 Å². The molecule has 0 aromatic rings. The van der Waals surface area contributed by atoms with E-state index in [0.29, 0.717) is 12.5 Å². The molecule has 2 N–H and O–H groups in total. The van der Waals surface area contributed by atoms with Gasteiger partial charge >= 0.3 is 5.97 Å². The quantitative estimate of drug-likeness (QED) is 0.685. The average molecular weight is 269 g/mol. The fraction of sp³-hybridized carbons (Fsp3) is 0.857. The molecule has 0 bridgehead atoms. The van der Waals surface area contributed by atoms with Gasteiger partial charge in [-0.3, -0.25) is 4.79 Å². The minimum Gasteiger partial charge on any atom is -0.480 e. The van der Waals surface area contributed by atoms with Crippen molar-refractivity contribution in [2.75, 3.05) is 19.8 Å². The molecule has 0 saturated heterocycles. The van der Waals surface area contributed by atoms with Gasteiger partial charge < -0.3 is 15.2 Å². The maximum absolute atomic E-state index is 11.9. The summed E-state index contributed by atoms with van der Waals surface area (Å²) in [4.78, 5) is 22.1. The molecule has 2 aliphatic carbocycles. The van der Waals surface area contributed by atoms with Crippen LogP contribution in [0, 0.1) is 17.8 Å². The second-order valence-corrected chi connectivity index (χ2v) is 5.64. The maximum Gasteiger partial charge on any atom is 0.329 e. The lowest BCUT2D eigenvalue weighted by Crippen LogP contribution is -2.30. The van der Waals surface area contributed by atoms with Crippen molar-refractivity contribution in [1.82, 2.24) is 5.32 Å². The Bertz CT molecular complexity index is 325. The average Bonchev–Trinajstić information content (AvgIpc) is 3.19. The van der Waals surface area contributed by atoms with Crippen LogP contribution in [-0.2, 0) is 14.3 Å². The monoisotopic (exact) mass is 269 g/mol. The van der Waals surface area contributed by atoms with Crippen molar-refractivity contribution in [2.24, 2.45) is 17.8 Å². The van der Waals surface area contributed by atoms with Gasteiger partial charge in [-0.15, -0.1) is 0 Å². The van der Waals surface area contributed by atoms with E-state index in [1.54, 1.807) is 0 Å². The molecular formula is C14H23NO4. The number of carbonyl (C=O) groups excluding carboxylic acids is 1. The molecule has 2 aliphatic rings. The van der Waals surface area contributed by atoms with Gasteiger partial charge in [-0.1, -0.05) is 32.1 Å². The molecular weight excluding hydrogens is 246 g/mol. The summed E-state index contributed by atoms with van der Waals surface area (Å²) in [7, 11) is 0. The Labute approximate surface area is 113 Å². The molecule has 0 radical (unpaired) electrons. The minimum absolute atomic E-state index is 0.120. The number of carboxylic acids is 1. The molecule has 2 rings (SSSR count). The van der Waals surface area contributed by atoms with Gasteiger partial charge in [0.2, 0.25) is 5.91 Å². The molecule has 2 unspecified atom stereocenters. The highest BCUT2D eigenvalue weighted by Crippen LogP contribution is 2.49. The molecule has 0 spiro atoms. The highest BCUT2D eigenvalue weighted by Gasteiger charge is 2.47. The lowest BCUT2D eigenvalue weighted by atomic mass is 9.85. The van der Waals surface area contributed by atoms with Crippen molar-refractivity contribution in [3.63, 3.8) is 0 Å². The van der Waals surface area contributed by atoms with Gasteiger partial charge in [0.05, 0.1) is 6.61 Å². The van der Waals surface area contributed by atoms with Crippen molar-refractivity contribution in [3.8, 4) is 0 Å².